The van der Waals surface area contributed by atoms with Crippen LogP contribution in [0.3, 0.4) is 0 Å². The highest BCUT2D eigenvalue weighted by atomic mass is 35.5. The van der Waals surface area contributed by atoms with Crippen LogP contribution in [0.1, 0.15) is 34.9 Å². The minimum atomic E-state index is 0.0461. The molecule has 1 aliphatic rings. The summed E-state index contributed by atoms with van der Waals surface area (Å²) < 4.78 is 1.62. The van der Waals surface area contributed by atoms with Gasteiger partial charge in [0.1, 0.15) is 5.69 Å². The molecule has 6 nitrogen and oxygen atoms in total. The number of likely N-dealkylation sites (tertiary alicyclic amines) is 1. The highest BCUT2D eigenvalue weighted by molar-refractivity contribution is 6.33. The molecule has 2 aromatic heterocycles. The van der Waals surface area contributed by atoms with Gasteiger partial charge in [0.15, 0.2) is 0 Å². The highest BCUT2D eigenvalue weighted by Gasteiger charge is 2.27. The second kappa shape index (κ2) is 6.96. The molecule has 134 valence electrons. The summed E-state index contributed by atoms with van der Waals surface area (Å²) in [5.74, 6) is 0.416. The standard InChI is InChI=1S/C19H20ClN5O/c1-24-18(6-9-21-24)19(26)25-10-7-13(8-11-25)16-12-17(23-22-16)14-4-2-3-5-15(14)20/h2-6,9,12-13H,7-8,10-11H2,1H3,(H,22,23). The van der Waals surface area contributed by atoms with E-state index in [4.69, 9.17) is 11.6 Å². The first kappa shape index (κ1) is 16.8. The number of halogens is 1. The zero-order valence-corrected chi connectivity index (χ0v) is 15.3. The van der Waals surface area contributed by atoms with E-state index in [9.17, 15) is 4.79 Å². The van der Waals surface area contributed by atoms with Crippen molar-refractivity contribution in [3.63, 3.8) is 0 Å². The lowest BCUT2D eigenvalue weighted by molar-refractivity contribution is 0.0701. The Hall–Kier alpha value is -2.60. The van der Waals surface area contributed by atoms with Gasteiger partial charge in [-0.1, -0.05) is 29.8 Å². The highest BCUT2D eigenvalue weighted by Crippen LogP contribution is 2.32. The molecule has 0 spiro atoms. The summed E-state index contributed by atoms with van der Waals surface area (Å²) in [6.45, 7) is 1.46. The minimum Gasteiger partial charge on any atom is -0.337 e. The van der Waals surface area contributed by atoms with Gasteiger partial charge in [0.2, 0.25) is 0 Å². The maximum absolute atomic E-state index is 12.6. The number of rotatable bonds is 3. The Morgan fingerprint density at radius 2 is 2.00 bits per heavy atom. The molecule has 3 heterocycles. The molecule has 1 N–H and O–H groups in total. The first-order valence-corrected chi connectivity index (χ1v) is 9.09. The number of benzene rings is 1. The maximum Gasteiger partial charge on any atom is 0.272 e. The number of amides is 1. The number of aromatic nitrogens is 4. The first-order chi connectivity index (χ1) is 12.6. The SMILES string of the molecule is Cn1nccc1C(=O)N1CCC(c2cc(-c3ccccc3Cl)n[nH]2)CC1. The molecular weight excluding hydrogens is 350 g/mol. The number of aromatic amines is 1. The van der Waals surface area contributed by atoms with Crippen LogP contribution in [-0.4, -0.2) is 43.9 Å². The van der Waals surface area contributed by atoms with Gasteiger partial charge in [-0.3, -0.25) is 14.6 Å². The molecule has 0 bridgehead atoms. The fraction of sp³-hybridized carbons (Fsp3) is 0.316. The first-order valence-electron chi connectivity index (χ1n) is 8.71. The zero-order chi connectivity index (χ0) is 18.1. The monoisotopic (exact) mass is 369 g/mol. The maximum atomic E-state index is 12.6. The predicted octanol–water partition coefficient (Wildman–Crippen LogP) is 3.48. The van der Waals surface area contributed by atoms with E-state index in [2.05, 4.69) is 21.4 Å². The van der Waals surface area contributed by atoms with E-state index in [0.29, 0.717) is 16.6 Å². The topological polar surface area (TPSA) is 66.8 Å². The van der Waals surface area contributed by atoms with E-state index in [-0.39, 0.29) is 5.91 Å². The normalized spacial score (nSPS) is 15.4. The number of nitrogens with zero attached hydrogens (tertiary/aromatic N) is 4. The number of hydrogen-bond donors (Lipinski definition) is 1. The van der Waals surface area contributed by atoms with E-state index in [1.54, 1.807) is 24.0 Å². The van der Waals surface area contributed by atoms with Crippen LogP contribution in [0.25, 0.3) is 11.3 Å². The molecule has 1 saturated heterocycles. The average molecular weight is 370 g/mol. The van der Waals surface area contributed by atoms with Gasteiger partial charge >= 0.3 is 0 Å². The number of carbonyl (C=O) groups is 1. The van der Waals surface area contributed by atoms with Crippen LogP contribution in [0.15, 0.2) is 42.6 Å². The molecule has 0 saturated carbocycles. The Labute approximate surface area is 156 Å². The van der Waals surface area contributed by atoms with Crippen molar-refractivity contribution in [2.75, 3.05) is 13.1 Å². The largest absolute Gasteiger partial charge is 0.337 e. The molecule has 1 amide bonds. The summed E-state index contributed by atoms with van der Waals surface area (Å²) >= 11 is 6.26. The summed E-state index contributed by atoms with van der Waals surface area (Å²) in [6, 6.07) is 11.5. The van der Waals surface area contributed by atoms with Crippen LogP contribution in [0.5, 0.6) is 0 Å². The summed E-state index contributed by atoms with van der Waals surface area (Å²) in [5, 5.41) is 12.4. The summed E-state index contributed by atoms with van der Waals surface area (Å²) in [7, 11) is 1.79. The van der Waals surface area contributed by atoms with E-state index < -0.39 is 0 Å². The van der Waals surface area contributed by atoms with Crippen molar-refractivity contribution in [1.29, 1.82) is 0 Å². The Bertz CT molecular complexity index is 923. The van der Waals surface area contributed by atoms with Crippen molar-refractivity contribution in [2.45, 2.75) is 18.8 Å². The Balaban J connectivity index is 1.43. The fourth-order valence-electron chi connectivity index (χ4n) is 3.49. The molecule has 0 unspecified atom stereocenters. The van der Waals surface area contributed by atoms with Crippen LogP contribution in [0.4, 0.5) is 0 Å². The predicted molar refractivity (Wildman–Crippen MR) is 100 cm³/mol. The van der Waals surface area contributed by atoms with Gasteiger partial charge in [0.05, 0.1) is 10.7 Å². The van der Waals surface area contributed by atoms with Gasteiger partial charge < -0.3 is 4.90 Å². The second-order valence-electron chi connectivity index (χ2n) is 6.59. The van der Waals surface area contributed by atoms with Crippen LogP contribution in [-0.2, 0) is 7.05 Å². The quantitative estimate of drug-likeness (QED) is 0.768. The molecule has 0 aliphatic carbocycles. The molecule has 0 radical (unpaired) electrons. The second-order valence-corrected chi connectivity index (χ2v) is 7.00. The number of aryl methyl sites for hydroxylation is 1. The van der Waals surface area contributed by atoms with Gasteiger partial charge in [-0.25, -0.2) is 0 Å². The van der Waals surface area contributed by atoms with E-state index in [0.717, 1.165) is 42.9 Å². The van der Waals surface area contributed by atoms with Crippen LogP contribution in [0, 0.1) is 0 Å². The molecule has 1 fully saturated rings. The van der Waals surface area contributed by atoms with Gasteiger partial charge in [-0.2, -0.15) is 10.2 Å². The van der Waals surface area contributed by atoms with Gasteiger partial charge in [0, 0.05) is 43.5 Å². The number of piperidine rings is 1. The van der Waals surface area contributed by atoms with Crippen LogP contribution in [0.2, 0.25) is 5.02 Å². The smallest absolute Gasteiger partial charge is 0.272 e. The number of H-pyrrole nitrogens is 1. The molecule has 3 aromatic rings. The lowest BCUT2D eigenvalue weighted by Crippen LogP contribution is -2.38. The molecule has 0 atom stereocenters. The van der Waals surface area contributed by atoms with Crippen molar-refractivity contribution < 1.29 is 4.79 Å². The fourth-order valence-corrected chi connectivity index (χ4v) is 3.72. The lowest BCUT2D eigenvalue weighted by atomic mass is 9.93. The number of hydrogen-bond acceptors (Lipinski definition) is 3. The molecule has 7 heteroatoms. The van der Waals surface area contributed by atoms with Gasteiger partial charge in [-0.15, -0.1) is 0 Å². The zero-order valence-electron chi connectivity index (χ0n) is 14.5. The van der Waals surface area contributed by atoms with E-state index in [1.807, 2.05) is 29.2 Å². The Kier molecular flexibility index (Phi) is 4.51. The Morgan fingerprint density at radius 1 is 1.23 bits per heavy atom. The number of carbonyl (C=O) groups excluding carboxylic acids is 1. The third kappa shape index (κ3) is 3.12. The van der Waals surface area contributed by atoms with E-state index in [1.165, 1.54) is 0 Å². The van der Waals surface area contributed by atoms with Crippen molar-refractivity contribution in [2.24, 2.45) is 7.05 Å². The lowest BCUT2D eigenvalue weighted by Gasteiger charge is -2.31. The summed E-state index contributed by atoms with van der Waals surface area (Å²) in [6.07, 6.45) is 3.47. The third-order valence-electron chi connectivity index (χ3n) is 5.01. The number of nitrogens with one attached hydrogen (secondary N) is 1. The van der Waals surface area contributed by atoms with Crippen LogP contribution >= 0.6 is 11.6 Å². The molecule has 1 aromatic carbocycles. The molecule has 26 heavy (non-hydrogen) atoms. The van der Waals surface area contributed by atoms with Gasteiger partial charge in [0.25, 0.3) is 5.91 Å². The summed E-state index contributed by atoms with van der Waals surface area (Å²) in [5.41, 5.74) is 3.53. The molecular formula is C19H20ClN5O. The van der Waals surface area contributed by atoms with Crippen molar-refractivity contribution >= 4 is 17.5 Å². The van der Waals surface area contributed by atoms with Crippen molar-refractivity contribution in [3.05, 3.63) is 59.0 Å². The molecule has 4 rings (SSSR count). The van der Waals surface area contributed by atoms with Crippen LogP contribution < -0.4 is 0 Å². The van der Waals surface area contributed by atoms with Crippen molar-refractivity contribution in [3.8, 4) is 11.3 Å². The van der Waals surface area contributed by atoms with Crippen molar-refractivity contribution in [1.82, 2.24) is 24.9 Å². The third-order valence-corrected chi connectivity index (χ3v) is 5.34. The molecule has 1 aliphatic heterocycles. The minimum absolute atomic E-state index is 0.0461. The van der Waals surface area contributed by atoms with Gasteiger partial charge in [-0.05, 0) is 31.0 Å². The van der Waals surface area contributed by atoms with E-state index >= 15 is 0 Å². The average Bonchev–Trinajstić information content (AvgIpc) is 3.31. The summed E-state index contributed by atoms with van der Waals surface area (Å²) in [4.78, 5) is 14.5. The Morgan fingerprint density at radius 3 is 2.69 bits per heavy atom.